The number of nitrogens with zero attached hydrogens (tertiary/aromatic N) is 2. The number of amides is 2. The molecule has 2 amide bonds. The lowest BCUT2D eigenvalue weighted by Gasteiger charge is -2.13. The maximum Gasteiger partial charge on any atom is 0.308 e. The summed E-state index contributed by atoms with van der Waals surface area (Å²) in [5.74, 6) is -0.724. The molecule has 0 fully saturated rings. The quantitative estimate of drug-likeness (QED) is 0.295. The first-order chi connectivity index (χ1) is 13.3. The highest BCUT2D eigenvalue weighted by molar-refractivity contribution is 6.07. The molecule has 2 N–H and O–H groups in total. The van der Waals surface area contributed by atoms with E-state index in [0.29, 0.717) is 17.7 Å². The number of ether oxygens (including phenoxy) is 3. The number of rotatable bonds is 8. The van der Waals surface area contributed by atoms with Gasteiger partial charge < -0.3 is 14.2 Å². The van der Waals surface area contributed by atoms with Gasteiger partial charge in [0, 0.05) is 24.6 Å². The van der Waals surface area contributed by atoms with E-state index in [1.165, 1.54) is 27.4 Å². The smallest absolute Gasteiger partial charge is 0.308 e. The molecule has 0 saturated heterocycles. The summed E-state index contributed by atoms with van der Waals surface area (Å²) in [6.45, 7) is 3.01. The molecule has 0 aliphatic carbocycles. The molecule has 28 heavy (non-hydrogen) atoms. The molecular weight excluding hydrogens is 368 g/mol. The first kappa shape index (κ1) is 20.9. The summed E-state index contributed by atoms with van der Waals surface area (Å²) in [5, 5.41) is 7.73. The second-order valence-electron chi connectivity index (χ2n) is 5.96. The Hall–Kier alpha value is -3.43. The molecule has 0 aromatic heterocycles. The van der Waals surface area contributed by atoms with Gasteiger partial charge in [-0.05, 0) is 25.5 Å². The lowest BCUT2D eigenvalue weighted by atomic mass is 9.99. The molecule has 1 atom stereocenters. The Morgan fingerprint density at radius 3 is 2.43 bits per heavy atom. The van der Waals surface area contributed by atoms with Crippen molar-refractivity contribution < 1.29 is 28.6 Å². The topological polar surface area (TPSA) is 128 Å². The molecule has 1 heterocycles. The van der Waals surface area contributed by atoms with Crippen LogP contribution in [-0.4, -0.2) is 43.9 Å². The van der Waals surface area contributed by atoms with Gasteiger partial charge in [0.15, 0.2) is 11.5 Å². The molecule has 1 aromatic rings. The van der Waals surface area contributed by atoms with Crippen LogP contribution in [0.15, 0.2) is 22.3 Å². The third-order valence-corrected chi connectivity index (χ3v) is 3.95. The molecule has 0 spiro atoms. The van der Waals surface area contributed by atoms with Crippen molar-refractivity contribution in [3.8, 4) is 17.2 Å². The summed E-state index contributed by atoms with van der Waals surface area (Å²) in [7, 11) is 2.85. The molecule has 10 nitrogen and oxygen atoms in total. The van der Waals surface area contributed by atoms with Crippen molar-refractivity contribution in [1.29, 1.82) is 0 Å². The number of carbonyl (C=O) groups is 3. The fraction of sp³-hybridized carbons (Fsp3) is 0.389. The number of hydrogen-bond acceptors (Lipinski definition) is 8. The standard InChI is InChI=1S/C18H22N4O6/c1-10-13(18(25)22-20-10)5-6-16(24)21-19-9-12-7-14(26-3)17(28-11(2)23)15(8-12)27-4/h7-9,13H,5-6H2,1-4H3,(H,21,24)(H,22,25)/b19-9+. The zero-order valence-corrected chi connectivity index (χ0v) is 16.1. The van der Waals surface area contributed by atoms with E-state index in [0.717, 1.165) is 0 Å². The Bertz CT molecular complexity index is 808. The summed E-state index contributed by atoms with van der Waals surface area (Å²) >= 11 is 0. The fourth-order valence-corrected chi connectivity index (χ4v) is 2.56. The number of carbonyl (C=O) groups excluding carboxylic acids is 3. The zero-order chi connectivity index (χ0) is 20.7. The van der Waals surface area contributed by atoms with Crippen molar-refractivity contribution in [3.05, 3.63) is 17.7 Å². The van der Waals surface area contributed by atoms with Crippen LogP contribution in [-0.2, 0) is 14.4 Å². The molecule has 0 radical (unpaired) electrons. The monoisotopic (exact) mass is 390 g/mol. The third kappa shape index (κ3) is 5.29. The van der Waals surface area contributed by atoms with Crippen LogP contribution in [0.2, 0.25) is 0 Å². The fourth-order valence-electron chi connectivity index (χ4n) is 2.56. The molecule has 0 bridgehead atoms. The number of esters is 1. The number of methoxy groups -OCH3 is 2. The first-order valence-corrected chi connectivity index (χ1v) is 8.46. The summed E-state index contributed by atoms with van der Waals surface area (Å²) in [4.78, 5) is 34.7. The van der Waals surface area contributed by atoms with Crippen LogP contribution in [0.25, 0.3) is 0 Å². The average Bonchev–Trinajstić information content (AvgIpc) is 2.98. The van der Waals surface area contributed by atoms with E-state index in [2.05, 4.69) is 21.1 Å². The second kappa shape index (κ2) is 9.49. The molecule has 10 heteroatoms. The lowest BCUT2D eigenvalue weighted by molar-refractivity contribution is -0.132. The predicted molar refractivity (Wildman–Crippen MR) is 101 cm³/mol. The Labute approximate surface area is 161 Å². The van der Waals surface area contributed by atoms with Gasteiger partial charge in [-0.2, -0.15) is 10.2 Å². The minimum absolute atomic E-state index is 0.125. The summed E-state index contributed by atoms with van der Waals surface area (Å²) in [5.41, 5.74) is 6.00. The molecule has 1 aliphatic heterocycles. The molecule has 1 aliphatic rings. The molecule has 150 valence electrons. The van der Waals surface area contributed by atoms with Gasteiger partial charge in [-0.3, -0.25) is 14.4 Å². The largest absolute Gasteiger partial charge is 0.493 e. The lowest BCUT2D eigenvalue weighted by Crippen LogP contribution is -2.25. The van der Waals surface area contributed by atoms with Crippen molar-refractivity contribution in [2.24, 2.45) is 16.1 Å². The summed E-state index contributed by atoms with van der Waals surface area (Å²) < 4.78 is 15.5. The summed E-state index contributed by atoms with van der Waals surface area (Å²) in [6, 6.07) is 3.16. The van der Waals surface area contributed by atoms with E-state index >= 15 is 0 Å². The molecule has 2 rings (SSSR count). The van der Waals surface area contributed by atoms with E-state index in [9.17, 15) is 14.4 Å². The maximum atomic E-state index is 11.9. The number of hydrazone groups is 2. The van der Waals surface area contributed by atoms with Gasteiger partial charge in [0.1, 0.15) is 0 Å². The highest BCUT2D eigenvalue weighted by atomic mass is 16.6. The Kier molecular flexibility index (Phi) is 7.08. The molecule has 1 unspecified atom stereocenters. The van der Waals surface area contributed by atoms with E-state index < -0.39 is 11.9 Å². The van der Waals surface area contributed by atoms with Crippen LogP contribution in [0, 0.1) is 5.92 Å². The SMILES string of the molecule is COc1cc(/C=N/NC(=O)CCC2C(=O)NN=C2C)cc(OC)c1OC(C)=O. The number of hydrogen-bond donors (Lipinski definition) is 2. The van der Waals surface area contributed by atoms with Crippen molar-refractivity contribution >= 4 is 29.7 Å². The van der Waals surface area contributed by atoms with E-state index in [4.69, 9.17) is 14.2 Å². The van der Waals surface area contributed by atoms with Gasteiger partial charge in [-0.25, -0.2) is 10.9 Å². The van der Waals surface area contributed by atoms with Gasteiger partial charge in [0.25, 0.3) is 0 Å². The van der Waals surface area contributed by atoms with Gasteiger partial charge in [0.05, 0.1) is 26.4 Å². The average molecular weight is 390 g/mol. The van der Waals surface area contributed by atoms with Crippen LogP contribution in [0.4, 0.5) is 0 Å². The third-order valence-electron chi connectivity index (χ3n) is 3.95. The van der Waals surface area contributed by atoms with Gasteiger partial charge in [-0.15, -0.1) is 0 Å². The van der Waals surface area contributed by atoms with Crippen molar-refractivity contribution in [1.82, 2.24) is 10.9 Å². The van der Waals surface area contributed by atoms with Crippen molar-refractivity contribution in [2.45, 2.75) is 26.7 Å². The molecular formula is C18H22N4O6. The Morgan fingerprint density at radius 1 is 1.29 bits per heavy atom. The highest BCUT2D eigenvalue weighted by Gasteiger charge is 2.27. The van der Waals surface area contributed by atoms with E-state index in [1.54, 1.807) is 19.1 Å². The number of benzene rings is 1. The van der Waals surface area contributed by atoms with Crippen molar-refractivity contribution in [2.75, 3.05) is 14.2 Å². The highest BCUT2D eigenvalue weighted by Crippen LogP contribution is 2.38. The van der Waals surface area contributed by atoms with E-state index in [1.807, 2.05) is 0 Å². The van der Waals surface area contributed by atoms with Crippen LogP contribution >= 0.6 is 0 Å². The van der Waals surface area contributed by atoms with Crippen LogP contribution in [0.3, 0.4) is 0 Å². The normalized spacial score (nSPS) is 15.8. The molecule has 1 aromatic carbocycles. The minimum Gasteiger partial charge on any atom is -0.493 e. The van der Waals surface area contributed by atoms with Gasteiger partial charge in [-0.1, -0.05) is 0 Å². The van der Waals surface area contributed by atoms with Gasteiger partial charge in [0.2, 0.25) is 17.6 Å². The predicted octanol–water partition coefficient (Wildman–Crippen LogP) is 0.981. The molecule has 0 saturated carbocycles. The zero-order valence-electron chi connectivity index (χ0n) is 16.1. The minimum atomic E-state index is -0.512. The Balaban J connectivity index is 1.99. The van der Waals surface area contributed by atoms with Crippen LogP contribution < -0.4 is 25.1 Å². The van der Waals surface area contributed by atoms with Crippen LogP contribution in [0.1, 0.15) is 32.3 Å². The second-order valence-corrected chi connectivity index (χ2v) is 5.96. The number of nitrogens with one attached hydrogen (secondary N) is 2. The maximum absolute atomic E-state index is 11.9. The van der Waals surface area contributed by atoms with Gasteiger partial charge >= 0.3 is 5.97 Å². The van der Waals surface area contributed by atoms with E-state index in [-0.39, 0.29) is 35.5 Å². The Morgan fingerprint density at radius 2 is 1.93 bits per heavy atom. The first-order valence-electron chi connectivity index (χ1n) is 8.46. The summed E-state index contributed by atoms with van der Waals surface area (Å²) in [6.07, 6.45) is 1.87. The van der Waals surface area contributed by atoms with Crippen LogP contribution in [0.5, 0.6) is 17.2 Å². The van der Waals surface area contributed by atoms with Crippen molar-refractivity contribution in [3.63, 3.8) is 0 Å².